The Kier molecular flexibility index (Phi) is 3.22. The number of hydrogen-bond donors (Lipinski definition) is 1. The van der Waals surface area contributed by atoms with Gasteiger partial charge in [-0.1, -0.05) is 36.4 Å². The van der Waals surface area contributed by atoms with E-state index in [0.29, 0.717) is 12.0 Å². The van der Waals surface area contributed by atoms with Crippen molar-refractivity contribution in [2.45, 2.75) is 19.4 Å². The van der Waals surface area contributed by atoms with Crippen molar-refractivity contribution in [2.75, 3.05) is 0 Å². The fourth-order valence-corrected chi connectivity index (χ4v) is 2.82. The van der Waals surface area contributed by atoms with Crippen LogP contribution in [0.4, 0.5) is 0 Å². The van der Waals surface area contributed by atoms with Gasteiger partial charge in [-0.2, -0.15) is 0 Å². The zero-order chi connectivity index (χ0) is 15.0. The Morgan fingerprint density at radius 2 is 1.90 bits per heavy atom. The summed E-state index contributed by atoms with van der Waals surface area (Å²) in [6.45, 7) is 1.37. The monoisotopic (exact) mass is 281 g/mol. The summed E-state index contributed by atoms with van der Waals surface area (Å²) in [5.74, 6) is -0.864. The first-order valence-electron chi connectivity index (χ1n) is 6.75. The van der Waals surface area contributed by atoms with E-state index in [1.807, 2.05) is 36.4 Å². The Morgan fingerprint density at radius 3 is 2.57 bits per heavy atom. The summed E-state index contributed by atoms with van der Waals surface area (Å²) in [5, 5.41) is 2.05. The zero-order valence-electron chi connectivity index (χ0n) is 11.6. The number of carbonyl (C=O) groups is 2. The Morgan fingerprint density at radius 1 is 1.19 bits per heavy atom. The predicted molar refractivity (Wildman–Crippen MR) is 80.2 cm³/mol. The first-order valence-corrected chi connectivity index (χ1v) is 6.75. The molecule has 2 N–H and O–H groups in total. The van der Waals surface area contributed by atoms with E-state index < -0.39 is 12.0 Å². The van der Waals surface area contributed by atoms with Crippen LogP contribution in [0.5, 0.6) is 0 Å². The molecule has 0 heterocycles. The van der Waals surface area contributed by atoms with E-state index in [0.717, 1.165) is 21.9 Å². The molecule has 0 saturated heterocycles. The summed E-state index contributed by atoms with van der Waals surface area (Å²) in [4.78, 5) is 23.0. The van der Waals surface area contributed by atoms with Crippen LogP contribution in [-0.4, -0.2) is 11.9 Å². The molecule has 4 heteroatoms. The number of esters is 1. The van der Waals surface area contributed by atoms with Gasteiger partial charge in [-0.25, -0.2) is 0 Å². The second-order valence-electron chi connectivity index (χ2n) is 5.13. The van der Waals surface area contributed by atoms with Crippen molar-refractivity contribution in [1.29, 1.82) is 0 Å². The van der Waals surface area contributed by atoms with Crippen LogP contribution < -0.4 is 5.73 Å². The lowest BCUT2D eigenvalue weighted by molar-refractivity contribution is -0.146. The Balaban J connectivity index is 2.28. The quantitative estimate of drug-likeness (QED) is 0.860. The molecular formula is C17H15NO3. The molecule has 1 unspecified atom stereocenters. The molecule has 2 aromatic carbocycles. The summed E-state index contributed by atoms with van der Waals surface area (Å²) in [7, 11) is 0. The third kappa shape index (κ3) is 2.40. The SMILES string of the molecule is CC(=O)OC1CC(C(N)=O)=Cc2cccc3cccc1c23. The van der Waals surface area contributed by atoms with Crippen molar-refractivity contribution in [1.82, 2.24) is 0 Å². The second kappa shape index (κ2) is 5.05. The van der Waals surface area contributed by atoms with E-state index in [4.69, 9.17) is 10.5 Å². The average molecular weight is 281 g/mol. The summed E-state index contributed by atoms with van der Waals surface area (Å²) < 4.78 is 5.41. The molecule has 0 spiro atoms. The van der Waals surface area contributed by atoms with Crippen molar-refractivity contribution in [3.05, 3.63) is 53.1 Å². The average Bonchev–Trinajstić information content (AvgIpc) is 2.59. The lowest BCUT2D eigenvalue weighted by atomic mass is 9.97. The van der Waals surface area contributed by atoms with Crippen LogP contribution in [0, 0.1) is 0 Å². The molecule has 0 aliphatic heterocycles. The molecule has 4 nitrogen and oxygen atoms in total. The summed E-state index contributed by atoms with van der Waals surface area (Å²) >= 11 is 0. The third-order valence-electron chi connectivity index (χ3n) is 3.68. The van der Waals surface area contributed by atoms with E-state index in [1.165, 1.54) is 6.92 Å². The van der Waals surface area contributed by atoms with Crippen LogP contribution >= 0.6 is 0 Å². The van der Waals surface area contributed by atoms with Gasteiger partial charge in [0.2, 0.25) is 5.91 Å². The number of carbonyl (C=O) groups excluding carboxylic acids is 2. The lowest BCUT2D eigenvalue weighted by Crippen LogP contribution is -2.17. The minimum absolute atomic E-state index is 0.294. The molecule has 1 aliphatic rings. The molecule has 0 bridgehead atoms. The molecule has 2 aromatic rings. The number of ether oxygens (including phenoxy) is 1. The van der Waals surface area contributed by atoms with E-state index in [2.05, 4.69) is 0 Å². The number of nitrogens with two attached hydrogens (primary N) is 1. The first kappa shape index (κ1) is 13.4. The molecule has 0 saturated carbocycles. The van der Waals surface area contributed by atoms with Crippen molar-refractivity contribution < 1.29 is 14.3 Å². The molecule has 3 rings (SSSR count). The maximum Gasteiger partial charge on any atom is 0.303 e. The van der Waals surface area contributed by atoms with Gasteiger partial charge in [0, 0.05) is 24.5 Å². The fraction of sp³-hybridized carbons (Fsp3) is 0.176. The summed E-state index contributed by atoms with van der Waals surface area (Å²) in [6, 6.07) is 11.7. The number of primary amides is 1. The number of rotatable bonds is 2. The number of benzene rings is 2. The first-order chi connectivity index (χ1) is 10.1. The van der Waals surface area contributed by atoms with E-state index in [-0.39, 0.29) is 5.97 Å². The van der Waals surface area contributed by atoms with Crippen molar-refractivity contribution in [3.63, 3.8) is 0 Å². The van der Waals surface area contributed by atoms with Gasteiger partial charge < -0.3 is 10.5 Å². The lowest BCUT2D eigenvalue weighted by Gasteiger charge is -2.18. The number of hydrogen-bond acceptors (Lipinski definition) is 3. The Hall–Kier alpha value is -2.62. The minimum Gasteiger partial charge on any atom is -0.457 e. The minimum atomic E-state index is -0.492. The fourth-order valence-electron chi connectivity index (χ4n) is 2.82. The van der Waals surface area contributed by atoms with Crippen LogP contribution in [-0.2, 0) is 14.3 Å². The van der Waals surface area contributed by atoms with Crippen LogP contribution in [0.3, 0.4) is 0 Å². The van der Waals surface area contributed by atoms with E-state index >= 15 is 0 Å². The van der Waals surface area contributed by atoms with Crippen molar-refractivity contribution in [3.8, 4) is 0 Å². The predicted octanol–water partition coefficient (Wildman–Crippen LogP) is 2.72. The van der Waals surface area contributed by atoms with E-state index in [9.17, 15) is 9.59 Å². The third-order valence-corrected chi connectivity index (χ3v) is 3.68. The molecule has 106 valence electrons. The molecule has 0 fully saturated rings. The highest BCUT2D eigenvalue weighted by atomic mass is 16.5. The molecule has 0 radical (unpaired) electrons. The molecule has 1 atom stereocenters. The van der Waals surface area contributed by atoms with Gasteiger partial charge in [-0.05, 0) is 22.4 Å². The smallest absolute Gasteiger partial charge is 0.303 e. The molecular weight excluding hydrogens is 266 g/mol. The van der Waals surface area contributed by atoms with Gasteiger partial charge in [0.1, 0.15) is 6.10 Å². The summed E-state index contributed by atoms with van der Waals surface area (Å²) in [6.07, 6.45) is 1.59. The number of amides is 1. The molecule has 1 aliphatic carbocycles. The zero-order valence-corrected chi connectivity index (χ0v) is 11.6. The highest BCUT2D eigenvalue weighted by Gasteiger charge is 2.25. The standard InChI is InChI=1S/C17H15NO3/c1-10(19)21-15-9-13(17(18)20)8-12-6-2-4-11-5-3-7-14(15)16(11)12/h2-8,15H,9H2,1H3,(H2,18,20). The molecule has 21 heavy (non-hydrogen) atoms. The van der Waals surface area contributed by atoms with E-state index in [1.54, 1.807) is 6.08 Å². The summed E-state index contributed by atoms with van der Waals surface area (Å²) in [5.41, 5.74) is 7.74. The van der Waals surface area contributed by atoms with Gasteiger partial charge in [0.25, 0.3) is 0 Å². The highest BCUT2D eigenvalue weighted by molar-refractivity contribution is 6.02. The van der Waals surface area contributed by atoms with Gasteiger partial charge in [-0.15, -0.1) is 0 Å². The second-order valence-corrected chi connectivity index (χ2v) is 5.13. The Bertz CT molecular complexity index is 771. The van der Waals surface area contributed by atoms with Crippen LogP contribution in [0.25, 0.3) is 16.8 Å². The van der Waals surface area contributed by atoms with Gasteiger partial charge in [0.05, 0.1) is 0 Å². The van der Waals surface area contributed by atoms with Gasteiger partial charge in [0.15, 0.2) is 0 Å². The Labute approximate surface area is 122 Å². The maximum atomic E-state index is 11.6. The van der Waals surface area contributed by atoms with Crippen LogP contribution in [0.15, 0.2) is 42.0 Å². The molecule has 1 amide bonds. The van der Waals surface area contributed by atoms with Gasteiger partial charge >= 0.3 is 5.97 Å². The van der Waals surface area contributed by atoms with Gasteiger partial charge in [-0.3, -0.25) is 9.59 Å². The largest absolute Gasteiger partial charge is 0.457 e. The van der Waals surface area contributed by atoms with Crippen LogP contribution in [0.1, 0.15) is 30.6 Å². The normalized spacial score (nSPS) is 17.0. The molecule has 0 aromatic heterocycles. The van der Waals surface area contributed by atoms with Crippen LogP contribution in [0.2, 0.25) is 0 Å². The van der Waals surface area contributed by atoms with Crippen molar-refractivity contribution in [2.24, 2.45) is 5.73 Å². The maximum absolute atomic E-state index is 11.6. The highest BCUT2D eigenvalue weighted by Crippen LogP contribution is 2.37. The van der Waals surface area contributed by atoms with Crippen molar-refractivity contribution >= 4 is 28.7 Å². The topological polar surface area (TPSA) is 69.4 Å².